The van der Waals surface area contributed by atoms with Crippen LogP contribution in [0.3, 0.4) is 0 Å². The molecule has 0 saturated carbocycles. The van der Waals surface area contributed by atoms with Gasteiger partial charge in [0.2, 0.25) is 0 Å². The van der Waals surface area contributed by atoms with E-state index in [1.165, 1.54) is 23.2 Å². The number of fused-ring (bicyclic) bond motifs is 3. The van der Waals surface area contributed by atoms with E-state index in [2.05, 4.69) is 71.6 Å². The molecule has 0 bridgehead atoms. The summed E-state index contributed by atoms with van der Waals surface area (Å²) in [5, 5.41) is 3.75. The average Bonchev–Trinajstić information content (AvgIpc) is 3.08. The minimum Gasteiger partial charge on any atom is -0.369 e. The number of likely N-dealkylation sites (tertiary alicyclic amines) is 1. The zero-order valence-electron chi connectivity index (χ0n) is 13.2. The second-order valence-corrected chi connectivity index (χ2v) is 6.32. The molecular formula is C19H23N3. The minimum atomic E-state index is 0.402. The lowest BCUT2D eigenvalue weighted by molar-refractivity contribution is 0.208. The Bertz CT molecular complexity index is 653. The lowest BCUT2D eigenvalue weighted by Crippen LogP contribution is -2.40. The number of nitrogens with zero attached hydrogens (tertiary/aromatic N) is 2. The van der Waals surface area contributed by atoms with Gasteiger partial charge in [0, 0.05) is 41.5 Å². The molecule has 3 nitrogen and oxygen atoms in total. The highest BCUT2D eigenvalue weighted by Crippen LogP contribution is 2.53. The Morgan fingerprint density at radius 2 is 1.91 bits per heavy atom. The normalized spacial score (nSPS) is 29.9. The Labute approximate surface area is 132 Å². The lowest BCUT2D eigenvalue weighted by atomic mass is 9.80. The van der Waals surface area contributed by atoms with Gasteiger partial charge in [-0.3, -0.25) is 9.88 Å². The van der Waals surface area contributed by atoms with Crippen LogP contribution in [0.25, 0.3) is 0 Å². The van der Waals surface area contributed by atoms with Crippen LogP contribution in [0.15, 0.2) is 48.8 Å². The molecule has 0 aliphatic carbocycles. The highest BCUT2D eigenvalue weighted by atomic mass is 15.3. The van der Waals surface area contributed by atoms with Crippen molar-refractivity contribution in [3.63, 3.8) is 0 Å². The summed E-state index contributed by atoms with van der Waals surface area (Å²) in [6.07, 6.45) is 5.53. The highest BCUT2D eigenvalue weighted by molar-refractivity contribution is 5.60. The van der Waals surface area contributed by atoms with E-state index >= 15 is 0 Å². The number of nitrogens with one attached hydrogen (secondary N) is 1. The van der Waals surface area contributed by atoms with Gasteiger partial charge in [-0.1, -0.05) is 44.2 Å². The van der Waals surface area contributed by atoms with Gasteiger partial charge in [0.25, 0.3) is 0 Å². The number of rotatable bonds is 3. The molecule has 1 saturated heterocycles. The summed E-state index contributed by atoms with van der Waals surface area (Å²) in [6, 6.07) is 13.7. The first-order chi connectivity index (χ1) is 10.8. The van der Waals surface area contributed by atoms with Crippen LogP contribution in [0.2, 0.25) is 0 Å². The summed E-state index contributed by atoms with van der Waals surface area (Å²) < 4.78 is 0. The third-order valence-electron chi connectivity index (χ3n) is 5.41. The van der Waals surface area contributed by atoms with Gasteiger partial charge in [0.05, 0.1) is 6.17 Å². The Hall–Kier alpha value is -1.87. The van der Waals surface area contributed by atoms with Crippen molar-refractivity contribution >= 4 is 5.69 Å². The quantitative estimate of drug-likeness (QED) is 0.932. The molecule has 2 aromatic rings. The van der Waals surface area contributed by atoms with Crippen molar-refractivity contribution in [3.8, 4) is 0 Å². The molecule has 2 aliphatic heterocycles. The third-order valence-corrected chi connectivity index (χ3v) is 5.41. The maximum absolute atomic E-state index is 4.39. The smallest absolute Gasteiger partial charge is 0.0873 e. The van der Waals surface area contributed by atoms with Crippen LogP contribution in [0.1, 0.15) is 43.2 Å². The number of aromatic nitrogens is 1. The van der Waals surface area contributed by atoms with Crippen molar-refractivity contribution in [2.75, 3.05) is 11.9 Å². The van der Waals surface area contributed by atoms with Gasteiger partial charge in [0.1, 0.15) is 0 Å². The van der Waals surface area contributed by atoms with Crippen molar-refractivity contribution in [2.24, 2.45) is 0 Å². The van der Waals surface area contributed by atoms with Crippen molar-refractivity contribution < 1.29 is 0 Å². The molecule has 114 valence electrons. The summed E-state index contributed by atoms with van der Waals surface area (Å²) in [6.45, 7) is 5.67. The van der Waals surface area contributed by atoms with E-state index < -0.39 is 0 Å². The summed E-state index contributed by atoms with van der Waals surface area (Å²) in [4.78, 5) is 7.03. The summed E-state index contributed by atoms with van der Waals surface area (Å²) >= 11 is 0. The first kappa shape index (κ1) is 13.8. The molecule has 1 fully saturated rings. The molecule has 22 heavy (non-hydrogen) atoms. The molecule has 3 heterocycles. The molecule has 2 aliphatic rings. The Morgan fingerprint density at radius 1 is 1.09 bits per heavy atom. The van der Waals surface area contributed by atoms with E-state index in [1.807, 2.05) is 6.20 Å². The van der Waals surface area contributed by atoms with E-state index in [-0.39, 0.29) is 0 Å². The fourth-order valence-corrected chi connectivity index (χ4v) is 4.58. The predicted molar refractivity (Wildman–Crippen MR) is 90.0 cm³/mol. The fraction of sp³-hybridized carbons (Fsp3) is 0.421. The van der Waals surface area contributed by atoms with Crippen LogP contribution in [-0.2, 0) is 0 Å². The monoisotopic (exact) mass is 293 g/mol. The van der Waals surface area contributed by atoms with Gasteiger partial charge >= 0.3 is 0 Å². The van der Waals surface area contributed by atoms with E-state index in [0.717, 1.165) is 6.54 Å². The maximum atomic E-state index is 4.39. The molecule has 4 unspecified atom stereocenters. The zero-order valence-corrected chi connectivity index (χ0v) is 13.2. The number of anilines is 1. The zero-order chi connectivity index (χ0) is 15.1. The second kappa shape index (κ2) is 5.40. The van der Waals surface area contributed by atoms with Crippen molar-refractivity contribution in [3.05, 3.63) is 59.9 Å². The Morgan fingerprint density at radius 3 is 2.64 bits per heavy atom. The molecule has 1 aromatic heterocycles. The topological polar surface area (TPSA) is 28.2 Å². The number of pyridine rings is 1. The number of hydrogen-bond acceptors (Lipinski definition) is 3. The van der Waals surface area contributed by atoms with E-state index in [9.17, 15) is 0 Å². The van der Waals surface area contributed by atoms with Crippen molar-refractivity contribution in [1.82, 2.24) is 9.88 Å². The Balaban J connectivity index is 1.84. The van der Waals surface area contributed by atoms with Crippen LogP contribution in [0.5, 0.6) is 0 Å². The molecule has 4 rings (SSSR count). The Kier molecular flexibility index (Phi) is 3.38. The molecule has 0 spiro atoms. The van der Waals surface area contributed by atoms with Gasteiger partial charge < -0.3 is 5.32 Å². The first-order valence-electron chi connectivity index (χ1n) is 8.36. The maximum Gasteiger partial charge on any atom is 0.0873 e. The minimum absolute atomic E-state index is 0.402. The van der Waals surface area contributed by atoms with Gasteiger partial charge in [-0.25, -0.2) is 0 Å². The van der Waals surface area contributed by atoms with Crippen LogP contribution in [-0.4, -0.2) is 28.6 Å². The lowest BCUT2D eigenvalue weighted by Gasteiger charge is -2.30. The summed E-state index contributed by atoms with van der Waals surface area (Å²) in [5.74, 6) is 1.03. The molecule has 1 N–H and O–H groups in total. The van der Waals surface area contributed by atoms with E-state index in [4.69, 9.17) is 0 Å². The van der Waals surface area contributed by atoms with Crippen LogP contribution in [0, 0.1) is 0 Å². The number of hydrogen-bond donors (Lipinski definition) is 1. The van der Waals surface area contributed by atoms with E-state index in [0.29, 0.717) is 24.0 Å². The second-order valence-electron chi connectivity index (χ2n) is 6.32. The molecule has 3 heteroatoms. The average molecular weight is 293 g/mol. The summed E-state index contributed by atoms with van der Waals surface area (Å²) in [5.41, 5.74) is 4.11. The molecule has 4 atom stereocenters. The van der Waals surface area contributed by atoms with Crippen LogP contribution >= 0.6 is 0 Å². The van der Waals surface area contributed by atoms with Crippen LogP contribution < -0.4 is 5.32 Å². The molecule has 0 radical (unpaired) electrons. The highest BCUT2D eigenvalue weighted by Gasteiger charge is 2.52. The van der Waals surface area contributed by atoms with Crippen molar-refractivity contribution in [1.29, 1.82) is 0 Å². The van der Waals surface area contributed by atoms with Gasteiger partial charge in [-0.05, 0) is 24.6 Å². The van der Waals surface area contributed by atoms with Crippen molar-refractivity contribution in [2.45, 2.75) is 44.3 Å². The molecule has 0 amide bonds. The van der Waals surface area contributed by atoms with Gasteiger partial charge in [-0.2, -0.15) is 0 Å². The predicted octanol–water partition coefficient (Wildman–Crippen LogP) is 3.81. The first-order valence-corrected chi connectivity index (χ1v) is 8.36. The number of likely N-dealkylation sites (N-methyl/N-ethyl adjacent to an activating group) is 1. The van der Waals surface area contributed by atoms with Gasteiger partial charge in [-0.15, -0.1) is 0 Å². The largest absolute Gasteiger partial charge is 0.369 e. The SMILES string of the molecule is CCC1C(c2ccccc2)C2c3cnccc3NC2N1CC. The third kappa shape index (κ3) is 1.88. The summed E-state index contributed by atoms with van der Waals surface area (Å²) in [7, 11) is 0. The fourth-order valence-electron chi connectivity index (χ4n) is 4.58. The van der Waals surface area contributed by atoms with E-state index in [1.54, 1.807) is 0 Å². The molecule has 1 aromatic carbocycles. The number of benzene rings is 1. The standard InChI is InChI=1S/C19H23N3/c1-3-16-17(13-8-6-5-7-9-13)18-14-12-20-11-10-15(14)21-19(18)22(16)4-2/h5-12,16-19,21H,3-4H2,1-2H3. The molecular weight excluding hydrogens is 270 g/mol. The van der Waals surface area contributed by atoms with Gasteiger partial charge in [0.15, 0.2) is 0 Å². The van der Waals surface area contributed by atoms with Crippen LogP contribution in [0.4, 0.5) is 5.69 Å².